The van der Waals surface area contributed by atoms with Crippen molar-refractivity contribution in [2.75, 3.05) is 13.7 Å². The summed E-state index contributed by atoms with van der Waals surface area (Å²) in [6.07, 6.45) is 3.14. The zero-order chi connectivity index (χ0) is 13.7. The number of nitrogens with zero attached hydrogens (tertiary/aromatic N) is 2. The molecule has 0 atom stereocenters. The molecule has 1 N–H and O–H groups in total. The van der Waals surface area contributed by atoms with Crippen LogP contribution in [-0.4, -0.2) is 28.8 Å². The van der Waals surface area contributed by atoms with E-state index in [9.17, 15) is 0 Å². The van der Waals surface area contributed by atoms with Crippen molar-refractivity contribution in [3.05, 3.63) is 41.9 Å². The van der Waals surface area contributed by atoms with Crippen molar-refractivity contribution in [3.63, 3.8) is 0 Å². The lowest BCUT2D eigenvalue weighted by molar-refractivity contribution is 0.296. The van der Waals surface area contributed by atoms with E-state index in [1.54, 1.807) is 13.3 Å². The standard InChI is InChI=1S/C15H18N2O2/c1-3-11-4-5-14(19-2)12(10-11)13-6-8-16-15(17-13)7-9-18/h4-6,8,10,18H,3,7,9H2,1-2H3. The van der Waals surface area contributed by atoms with E-state index in [4.69, 9.17) is 9.84 Å². The smallest absolute Gasteiger partial charge is 0.131 e. The Hall–Kier alpha value is -1.94. The van der Waals surface area contributed by atoms with Crippen molar-refractivity contribution < 1.29 is 9.84 Å². The maximum atomic E-state index is 8.96. The van der Waals surface area contributed by atoms with Crippen LogP contribution < -0.4 is 4.74 Å². The highest BCUT2D eigenvalue weighted by Gasteiger charge is 2.09. The van der Waals surface area contributed by atoms with E-state index in [1.165, 1.54) is 5.56 Å². The number of methoxy groups -OCH3 is 1. The van der Waals surface area contributed by atoms with Crippen LogP contribution in [0, 0.1) is 0 Å². The van der Waals surface area contributed by atoms with Crippen molar-refractivity contribution >= 4 is 0 Å². The van der Waals surface area contributed by atoms with Gasteiger partial charge in [-0.1, -0.05) is 13.0 Å². The van der Waals surface area contributed by atoms with E-state index in [0.29, 0.717) is 12.2 Å². The third-order valence-corrected chi connectivity index (χ3v) is 2.99. The highest BCUT2D eigenvalue weighted by atomic mass is 16.5. The summed E-state index contributed by atoms with van der Waals surface area (Å²) in [5.74, 6) is 1.44. The van der Waals surface area contributed by atoms with Gasteiger partial charge in [0.1, 0.15) is 11.6 Å². The lowest BCUT2D eigenvalue weighted by atomic mass is 10.0. The molecule has 0 radical (unpaired) electrons. The number of hydrogen-bond acceptors (Lipinski definition) is 4. The first-order valence-electron chi connectivity index (χ1n) is 6.38. The Bertz CT molecular complexity index is 556. The maximum absolute atomic E-state index is 8.96. The molecule has 0 spiro atoms. The minimum Gasteiger partial charge on any atom is -0.496 e. The molecule has 0 saturated heterocycles. The zero-order valence-electron chi connectivity index (χ0n) is 11.3. The second kappa shape index (κ2) is 6.29. The van der Waals surface area contributed by atoms with Crippen LogP contribution in [0.25, 0.3) is 11.3 Å². The Labute approximate surface area is 113 Å². The van der Waals surface area contributed by atoms with Gasteiger partial charge in [-0.05, 0) is 30.2 Å². The quantitative estimate of drug-likeness (QED) is 0.893. The van der Waals surface area contributed by atoms with Crippen LogP contribution in [0.4, 0.5) is 0 Å². The van der Waals surface area contributed by atoms with Gasteiger partial charge in [0.2, 0.25) is 0 Å². The molecule has 0 aliphatic rings. The first kappa shape index (κ1) is 13.5. The highest BCUT2D eigenvalue weighted by molar-refractivity contribution is 5.67. The number of rotatable bonds is 5. The van der Waals surface area contributed by atoms with Crippen molar-refractivity contribution in [1.82, 2.24) is 9.97 Å². The summed E-state index contributed by atoms with van der Waals surface area (Å²) in [6.45, 7) is 2.17. The molecule has 0 amide bonds. The van der Waals surface area contributed by atoms with Crippen molar-refractivity contribution in [3.8, 4) is 17.0 Å². The molecule has 0 bridgehead atoms. The molecule has 4 nitrogen and oxygen atoms in total. The van der Waals surface area contributed by atoms with Gasteiger partial charge >= 0.3 is 0 Å². The fourth-order valence-electron chi connectivity index (χ4n) is 1.94. The van der Waals surface area contributed by atoms with Gasteiger partial charge in [0.05, 0.1) is 19.4 Å². The lowest BCUT2D eigenvalue weighted by Gasteiger charge is -2.10. The molecule has 1 aromatic heterocycles. The average molecular weight is 258 g/mol. The second-order valence-corrected chi connectivity index (χ2v) is 4.22. The fraction of sp³-hybridized carbons (Fsp3) is 0.333. The van der Waals surface area contributed by atoms with Crippen molar-refractivity contribution in [2.45, 2.75) is 19.8 Å². The molecule has 0 aliphatic heterocycles. The van der Waals surface area contributed by atoms with Crippen molar-refractivity contribution in [2.24, 2.45) is 0 Å². The van der Waals surface area contributed by atoms with Gasteiger partial charge < -0.3 is 9.84 Å². The van der Waals surface area contributed by atoms with Crippen LogP contribution in [0.1, 0.15) is 18.3 Å². The van der Waals surface area contributed by atoms with Gasteiger partial charge in [-0.2, -0.15) is 0 Å². The monoisotopic (exact) mass is 258 g/mol. The van der Waals surface area contributed by atoms with Gasteiger partial charge in [0.25, 0.3) is 0 Å². The molecule has 1 heterocycles. The largest absolute Gasteiger partial charge is 0.496 e. The summed E-state index contributed by atoms with van der Waals surface area (Å²) in [5, 5.41) is 8.96. The summed E-state index contributed by atoms with van der Waals surface area (Å²) in [5.41, 5.74) is 3.02. The summed E-state index contributed by atoms with van der Waals surface area (Å²) in [7, 11) is 1.65. The Kier molecular flexibility index (Phi) is 4.47. The second-order valence-electron chi connectivity index (χ2n) is 4.22. The average Bonchev–Trinajstić information content (AvgIpc) is 2.47. The summed E-state index contributed by atoms with van der Waals surface area (Å²) >= 11 is 0. The number of aliphatic hydroxyl groups excluding tert-OH is 1. The SMILES string of the molecule is CCc1ccc(OC)c(-c2ccnc(CCO)n2)c1. The fourth-order valence-corrected chi connectivity index (χ4v) is 1.94. The Morgan fingerprint density at radius 1 is 1.26 bits per heavy atom. The minimum atomic E-state index is 0.0512. The Morgan fingerprint density at radius 3 is 2.79 bits per heavy atom. The molecule has 4 heteroatoms. The topological polar surface area (TPSA) is 55.2 Å². The minimum absolute atomic E-state index is 0.0512. The third-order valence-electron chi connectivity index (χ3n) is 2.99. The molecule has 0 aliphatic carbocycles. The lowest BCUT2D eigenvalue weighted by Crippen LogP contribution is -2.00. The van der Waals surface area contributed by atoms with Gasteiger partial charge in [-0.15, -0.1) is 0 Å². The van der Waals surface area contributed by atoms with E-state index in [2.05, 4.69) is 29.0 Å². The molecular formula is C15H18N2O2. The molecular weight excluding hydrogens is 240 g/mol. The van der Waals surface area contributed by atoms with E-state index < -0.39 is 0 Å². The molecule has 0 saturated carbocycles. The van der Waals surface area contributed by atoms with E-state index >= 15 is 0 Å². The molecule has 2 rings (SSSR count). The summed E-state index contributed by atoms with van der Waals surface area (Å²) in [4.78, 5) is 8.61. The number of aryl methyl sites for hydroxylation is 1. The first-order chi connectivity index (χ1) is 9.28. The number of ether oxygens (including phenoxy) is 1. The van der Waals surface area contributed by atoms with E-state index in [-0.39, 0.29) is 6.61 Å². The predicted molar refractivity (Wildman–Crippen MR) is 74.2 cm³/mol. The number of hydrogen-bond donors (Lipinski definition) is 1. The van der Waals surface area contributed by atoms with Crippen LogP contribution in [0.3, 0.4) is 0 Å². The molecule has 0 fully saturated rings. The van der Waals surface area contributed by atoms with Gasteiger partial charge in [0, 0.05) is 18.2 Å². The normalized spacial score (nSPS) is 10.5. The van der Waals surface area contributed by atoms with E-state index in [1.807, 2.05) is 12.1 Å². The molecule has 1 aromatic carbocycles. The molecule has 2 aromatic rings. The van der Waals surface area contributed by atoms with Gasteiger partial charge in [-0.3, -0.25) is 0 Å². The molecule has 19 heavy (non-hydrogen) atoms. The third kappa shape index (κ3) is 3.09. The first-order valence-corrected chi connectivity index (χ1v) is 6.38. The molecule has 100 valence electrons. The van der Waals surface area contributed by atoms with Crippen LogP contribution in [-0.2, 0) is 12.8 Å². The number of benzene rings is 1. The van der Waals surface area contributed by atoms with E-state index in [0.717, 1.165) is 23.4 Å². The molecule has 0 unspecified atom stereocenters. The predicted octanol–water partition coefficient (Wildman–Crippen LogP) is 2.25. The summed E-state index contributed by atoms with van der Waals surface area (Å²) in [6, 6.07) is 7.96. The maximum Gasteiger partial charge on any atom is 0.131 e. The zero-order valence-corrected chi connectivity index (χ0v) is 11.3. The Balaban J connectivity index is 2.47. The van der Waals surface area contributed by atoms with Crippen LogP contribution >= 0.6 is 0 Å². The highest BCUT2D eigenvalue weighted by Crippen LogP contribution is 2.29. The van der Waals surface area contributed by atoms with Gasteiger partial charge in [-0.25, -0.2) is 9.97 Å². The van der Waals surface area contributed by atoms with Crippen LogP contribution in [0.5, 0.6) is 5.75 Å². The number of aliphatic hydroxyl groups is 1. The van der Waals surface area contributed by atoms with Crippen LogP contribution in [0.2, 0.25) is 0 Å². The summed E-state index contributed by atoms with van der Waals surface area (Å²) < 4.78 is 5.39. The van der Waals surface area contributed by atoms with Crippen molar-refractivity contribution in [1.29, 1.82) is 0 Å². The van der Waals surface area contributed by atoms with Gasteiger partial charge in [0.15, 0.2) is 0 Å². The number of aromatic nitrogens is 2. The van der Waals surface area contributed by atoms with Crippen LogP contribution in [0.15, 0.2) is 30.5 Å². The Morgan fingerprint density at radius 2 is 2.11 bits per heavy atom.